The van der Waals surface area contributed by atoms with Gasteiger partial charge in [0.05, 0.1) is 18.2 Å². The molecule has 0 aromatic carbocycles. The van der Waals surface area contributed by atoms with Gasteiger partial charge in [0.25, 0.3) is 5.91 Å². The fourth-order valence-electron chi connectivity index (χ4n) is 1.59. The Morgan fingerprint density at radius 3 is 2.90 bits per heavy atom. The van der Waals surface area contributed by atoms with Gasteiger partial charge in [0, 0.05) is 22.2 Å². The second-order valence-corrected chi connectivity index (χ2v) is 6.57. The minimum Gasteiger partial charge on any atom is -0.395 e. The molecule has 0 radical (unpaired) electrons. The summed E-state index contributed by atoms with van der Waals surface area (Å²) in [6.07, 6.45) is 0.470. The molecular formula is C15H14ClNO2S2. The molecule has 2 aromatic rings. The zero-order valence-corrected chi connectivity index (χ0v) is 13.8. The van der Waals surface area contributed by atoms with Crippen molar-refractivity contribution in [3.63, 3.8) is 0 Å². The van der Waals surface area contributed by atoms with E-state index in [2.05, 4.69) is 17.2 Å². The highest BCUT2D eigenvalue weighted by atomic mass is 35.5. The lowest BCUT2D eigenvalue weighted by Crippen LogP contribution is -2.21. The van der Waals surface area contributed by atoms with E-state index in [4.69, 9.17) is 16.7 Å². The second kappa shape index (κ2) is 7.62. The van der Waals surface area contributed by atoms with Crippen LogP contribution in [0.4, 0.5) is 0 Å². The van der Waals surface area contributed by atoms with Crippen LogP contribution in [0.15, 0.2) is 16.8 Å². The van der Waals surface area contributed by atoms with Crippen LogP contribution in [-0.2, 0) is 6.54 Å². The number of hydrogen-bond donors (Lipinski definition) is 2. The van der Waals surface area contributed by atoms with Gasteiger partial charge in [0.1, 0.15) is 4.88 Å². The molecule has 2 aromatic heterocycles. The predicted molar refractivity (Wildman–Crippen MR) is 88.1 cm³/mol. The Morgan fingerprint density at radius 1 is 1.43 bits per heavy atom. The van der Waals surface area contributed by atoms with Crippen LogP contribution in [0.2, 0.25) is 5.02 Å². The minimum absolute atomic E-state index is 0.0705. The first-order valence-corrected chi connectivity index (χ1v) is 8.44. The molecule has 3 nitrogen and oxygen atoms in total. The zero-order valence-electron chi connectivity index (χ0n) is 11.4. The van der Waals surface area contributed by atoms with Crippen LogP contribution in [0.1, 0.15) is 32.1 Å². The molecule has 0 aliphatic carbocycles. The number of carbonyl (C=O) groups is 1. The molecule has 110 valence electrons. The van der Waals surface area contributed by atoms with Crippen molar-refractivity contribution in [3.8, 4) is 11.8 Å². The molecule has 6 heteroatoms. The molecule has 0 saturated carbocycles. The third-order valence-electron chi connectivity index (χ3n) is 2.65. The van der Waals surface area contributed by atoms with E-state index in [0.29, 0.717) is 22.9 Å². The first-order chi connectivity index (χ1) is 10.1. The smallest absolute Gasteiger partial charge is 0.263 e. The van der Waals surface area contributed by atoms with Crippen LogP contribution in [0.25, 0.3) is 0 Å². The summed E-state index contributed by atoms with van der Waals surface area (Å²) in [5.41, 5.74) is 1.83. The number of halogens is 1. The minimum atomic E-state index is -0.153. The van der Waals surface area contributed by atoms with Crippen molar-refractivity contribution in [2.24, 2.45) is 0 Å². The molecule has 2 heterocycles. The number of aryl methyl sites for hydroxylation is 1. The van der Waals surface area contributed by atoms with Gasteiger partial charge in [-0.3, -0.25) is 4.79 Å². The quantitative estimate of drug-likeness (QED) is 0.838. The third-order valence-corrected chi connectivity index (χ3v) is 5.28. The number of aliphatic hydroxyl groups is 1. The number of aliphatic hydroxyl groups excluding tert-OH is 1. The topological polar surface area (TPSA) is 49.3 Å². The fourth-order valence-corrected chi connectivity index (χ4v) is 3.54. The number of hydrogen-bond acceptors (Lipinski definition) is 4. The molecule has 0 atom stereocenters. The van der Waals surface area contributed by atoms with Gasteiger partial charge in [-0.2, -0.15) is 0 Å². The number of amides is 1. The number of nitrogens with one attached hydrogen (secondary N) is 1. The van der Waals surface area contributed by atoms with Crippen LogP contribution >= 0.6 is 34.3 Å². The largest absolute Gasteiger partial charge is 0.395 e. The molecule has 0 bridgehead atoms. The van der Waals surface area contributed by atoms with E-state index >= 15 is 0 Å². The zero-order chi connectivity index (χ0) is 15.2. The Hall–Kier alpha value is -1.32. The Labute approximate surface area is 136 Å². The molecule has 2 rings (SSSR count). The molecule has 21 heavy (non-hydrogen) atoms. The molecule has 2 N–H and O–H groups in total. The average molecular weight is 340 g/mol. The standard InChI is InChI=1S/C15H14ClNO2S2/c1-10-8-21-14(13(10)16)15(19)17-7-12-6-11(9-20-12)4-2-3-5-18/h6,8-9,18H,3,5,7H2,1H3,(H,17,19). The molecule has 0 spiro atoms. The Kier molecular flexibility index (Phi) is 5.83. The average Bonchev–Trinajstić information content (AvgIpc) is 3.05. The van der Waals surface area contributed by atoms with Crippen molar-refractivity contribution in [1.29, 1.82) is 0 Å². The van der Waals surface area contributed by atoms with Gasteiger partial charge in [0.2, 0.25) is 0 Å². The monoisotopic (exact) mass is 339 g/mol. The summed E-state index contributed by atoms with van der Waals surface area (Å²) in [7, 11) is 0. The van der Waals surface area contributed by atoms with Crippen molar-refractivity contribution >= 4 is 40.2 Å². The lowest BCUT2D eigenvalue weighted by atomic mass is 10.3. The van der Waals surface area contributed by atoms with Crippen molar-refractivity contribution < 1.29 is 9.90 Å². The van der Waals surface area contributed by atoms with Crippen LogP contribution in [0.5, 0.6) is 0 Å². The molecule has 1 amide bonds. The molecular weight excluding hydrogens is 326 g/mol. The first kappa shape index (κ1) is 16.1. The highest BCUT2D eigenvalue weighted by molar-refractivity contribution is 7.13. The maximum atomic E-state index is 12.0. The summed E-state index contributed by atoms with van der Waals surface area (Å²) < 4.78 is 0. The molecule has 0 unspecified atom stereocenters. The fraction of sp³-hybridized carbons (Fsp3) is 0.267. The molecule has 0 aliphatic rings. The van der Waals surface area contributed by atoms with Crippen LogP contribution in [0.3, 0.4) is 0 Å². The first-order valence-electron chi connectivity index (χ1n) is 6.30. The Balaban J connectivity index is 1.93. The van der Waals surface area contributed by atoms with Crippen LogP contribution in [-0.4, -0.2) is 17.6 Å². The molecule has 0 saturated heterocycles. The summed E-state index contributed by atoms with van der Waals surface area (Å²) in [5, 5.41) is 15.9. The highest BCUT2D eigenvalue weighted by Gasteiger charge is 2.14. The van der Waals surface area contributed by atoms with Crippen molar-refractivity contribution in [3.05, 3.63) is 42.7 Å². The summed E-state index contributed by atoms with van der Waals surface area (Å²) >= 11 is 8.97. The summed E-state index contributed by atoms with van der Waals surface area (Å²) in [5.74, 6) is 5.68. The van der Waals surface area contributed by atoms with E-state index in [0.717, 1.165) is 16.0 Å². The Morgan fingerprint density at radius 2 is 2.24 bits per heavy atom. The number of thiophene rings is 2. The van der Waals surface area contributed by atoms with Crippen molar-refractivity contribution in [2.75, 3.05) is 6.61 Å². The summed E-state index contributed by atoms with van der Waals surface area (Å²) in [6, 6.07) is 1.94. The Bertz CT molecular complexity index is 694. The van der Waals surface area contributed by atoms with Gasteiger partial charge < -0.3 is 10.4 Å². The van der Waals surface area contributed by atoms with Gasteiger partial charge in [-0.1, -0.05) is 23.4 Å². The summed E-state index contributed by atoms with van der Waals surface area (Å²) in [4.78, 5) is 13.6. The van der Waals surface area contributed by atoms with E-state index in [1.807, 2.05) is 23.8 Å². The normalized spacial score (nSPS) is 10.0. The maximum Gasteiger partial charge on any atom is 0.263 e. The molecule has 0 fully saturated rings. The lowest BCUT2D eigenvalue weighted by molar-refractivity contribution is 0.0955. The molecule has 0 aliphatic heterocycles. The van der Waals surface area contributed by atoms with Crippen LogP contribution in [0, 0.1) is 18.8 Å². The predicted octanol–water partition coefficient (Wildman–Crippen LogP) is 3.44. The van der Waals surface area contributed by atoms with Gasteiger partial charge in [-0.05, 0) is 23.9 Å². The van der Waals surface area contributed by atoms with Gasteiger partial charge in [0.15, 0.2) is 0 Å². The lowest BCUT2D eigenvalue weighted by Gasteiger charge is -2.01. The van der Waals surface area contributed by atoms with E-state index in [1.54, 1.807) is 11.3 Å². The maximum absolute atomic E-state index is 12.0. The van der Waals surface area contributed by atoms with E-state index in [1.165, 1.54) is 11.3 Å². The SMILES string of the molecule is Cc1csc(C(=O)NCc2cc(C#CCCO)cs2)c1Cl. The third kappa shape index (κ3) is 4.32. The van der Waals surface area contributed by atoms with Crippen LogP contribution < -0.4 is 5.32 Å². The van der Waals surface area contributed by atoms with E-state index in [9.17, 15) is 4.79 Å². The second-order valence-electron chi connectivity index (χ2n) is 4.32. The summed E-state index contributed by atoms with van der Waals surface area (Å²) in [6.45, 7) is 2.41. The number of rotatable bonds is 4. The van der Waals surface area contributed by atoms with Gasteiger partial charge >= 0.3 is 0 Å². The van der Waals surface area contributed by atoms with E-state index < -0.39 is 0 Å². The van der Waals surface area contributed by atoms with Crippen molar-refractivity contribution in [1.82, 2.24) is 5.32 Å². The van der Waals surface area contributed by atoms with Gasteiger partial charge in [-0.15, -0.1) is 22.7 Å². The highest BCUT2D eigenvalue weighted by Crippen LogP contribution is 2.27. The van der Waals surface area contributed by atoms with Gasteiger partial charge in [-0.25, -0.2) is 0 Å². The number of carbonyl (C=O) groups excluding carboxylic acids is 1. The van der Waals surface area contributed by atoms with E-state index in [-0.39, 0.29) is 12.5 Å². The van der Waals surface area contributed by atoms with Crippen molar-refractivity contribution in [2.45, 2.75) is 19.9 Å².